The molecule has 0 radical (unpaired) electrons. The van der Waals surface area contributed by atoms with Crippen molar-refractivity contribution in [1.29, 1.82) is 0 Å². The number of aliphatic hydroxyl groups excluding tert-OH is 1. The van der Waals surface area contributed by atoms with Crippen LogP contribution in [0.2, 0.25) is 0 Å². The summed E-state index contributed by atoms with van der Waals surface area (Å²) < 4.78 is 0. The van der Waals surface area contributed by atoms with Crippen molar-refractivity contribution in [3.05, 3.63) is 0 Å². The first-order valence-electron chi connectivity index (χ1n) is 3.60. The fourth-order valence-electron chi connectivity index (χ4n) is 0.920. The Morgan fingerprint density at radius 3 is 2.50 bits per heavy atom. The molecule has 0 amide bonds. The van der Waals surface area contributed by atoms with Gasteiger partial charge in [0.2, 0.25) is 0 Å². The van der Waals surface area contributed by atoms with Gasteiger partial charge in [-0.3, -0.25) is 0 Å². The third-order valence-corrected chi connectivity index (χ3v) is 1.74. The highest BCUT2D eigenvalue weighted by Gasteiger charge is 2.31. The first kappa shape index (κ1) is 7.59. The Balaban J connectivity index is 2.30. The molecule has 10 heavy (non-hydrogen) atoms. The molecule has 2 N–H and O–H groups in total. The first-order chi connectivity index (χ1) is 4.77. The Morgan fingerprint density at radius 1 is 1.40 bits per heavy atom. The zero-order valence-corrected chi connectivity index (χ0v) is 5.93. The zero-order chi connectivity index (χ0) is 7.45. The molecular weight excluding hydrogens is 128 g/mol. The van der Waals surface area contributed by atoms with Crippen LogP contribution in [0.1, 0.15) is 25.7 Å². The van der Waals surface area contributed by atoms with Gasteiger partial charge in [0, 0.05) is 6.42 Å². The fraction of sp³-hybridized carbons (Fsp3) is 0.750. The molecule has 1 aliphatic rings. The van der Waals surface area contributed by atoms with E-state index < -0.39 is 5.60 Å². The molecule has 2 heteroatoms. The normalized spacial score (nSPS) is 20.6. The van der Waals surface area contributed by atoms with Crippen molar-refractivity contribution < 1.29 is 10.2 Å². The van der Waals surface area contributed by atoms with Gasteiger partial charge in [0.05, 0.1) is 6.61 Å². The van der Waals surface area contributed by atoms with E-state index in [-0.39, 0.29) is 6.61 Å². The Hall–Kier alpha value is -0.520. The molecule has 0 aromatic carbocycles. The van der Waals surface area contributed by atoms with Crippen molar-refractivity contribution >= 4 is 0 Å². The SMILES string of the molecule is OCCC#CC1(O)CCC1. The molecule has 0 aromatic heterocycles. The van der Waals surface area contributed by atoms with Crippen molar-refractivity contribution in [2.45, 2.75) is 31.3 Å². The minimum absolute atomic E-state index is 0.0864. The van der Waals surface area contributed by atoms with E-state index in [2.05, 4.69) is 11.8 Å². The van der Waals surface area contributed by atoms with Crippen LogP contribution in [0.3, 0.4) is 0 Å². The van der Waals surface area contributed by atoms with Gasteiger partial charge in [-0.1, -0.05) is 11.8 Å². The van der Waals surface area contributed by atoms with Crippen LogP contribution in [0.25, 0.3) is 0 Å². The molecular formula is C8H12O2. The van der Waals surface area contributed by atoms with Crippen LogP contribution in [-0.4, -0.2) is 22.4 Å². The highest BCUT2D eigenvalue weighted by Crippen LogP contribution is 2.30. The van der Waals surface area contributed by atoms with E-state index in [9.17, 15) is 5.11 Å². The zero-order valence-electron chi connectivity index (χ0n) is 5.93. The van der Waals surface area contributed by atoms with Crippen LogP contribution >= 0.6 is 0 Å². The maximum absolute atomic E-state index is 9.38. The van der Waals surface area contributed by atoms with Crippen LogP contribution in [0.4, 0.5) is 0 Å². The summed E-state index contributed by atoms with van der Waals surface area (Å²) in [5.41, 5.74) is -0.699. The van der Waals surface area contributed by atoms with E-state index in [0.29, 0.717) is 6.42 Å². The Kier molecular flexibility index (Phi) is 2.31. The van der Waals surface area contributed by atoms with Gasteiger partial charge in [0.25, 0.3) is 0 Å². The lowest BCUT2D eigenvalue weighted by Crippen LogP contribution is -2.34. The van der Waals surface area contributed by atoms with Gasteiger partial charge in [-0.15, -0.1) is 0 Å². The molecule has 0 atom stereocenters. The second kappa shape index (κ2) is 3.05. The van der Waals surface area contributed by atoms with Gasteiger partial charge < -0.3 is 10.2 Å². The minimum Gasteiger partial charge on any atom is -0.395 e. The molecule has 1 saturated carbocycles. The summed E-state index contributed by atoms with van der Waals surface area (Å²) >= 11 is 0. The molecule has 0 heterocycles. The van der Waals surface area contributed by atoms with Crippen molar-refractivity contribution in [1.82, 2.24) is 0 Å². The molecule has 1 rings (SSSR count). The summed E-state index contributed by atoms with van der Waals surface area (Å²) in [5, 5.41) is 17.8. The number of hydrogen-bond acceptors (Lipinski definition) is 2. The lowest BCUT2D eigenvalue weighted by Gasteiger charge is -2.30. The highest BCUT2D eigenvalue weighted by molar-refractivity contribution is 5.17. The summed E-state index contributed by atoms with van der Waals surface area (Å²) in [6.45, 7) is 0.0864. The van der Waals surface area contributed by atoms with Gasteiger partial charge in [-0.2, -0.15) is 0 Å². The Bertz CT molecular complexity index is 160. The quantitative estimate of drug-likeness (QED) is 0.514. The topological polar surface area (TPSA) is 40.5 Å². The predicted octanol–water partition coefficient (Wildman–Crippen LogP) is 0.287. The summed E-state index contributed by atoms with van der Waals surface area (Å²) in [6, 6.07) is 0. The van der Waals surface area contributed by atoms with Crippen molar-refractivity contribution in [3.8, 4) is 11.8 Å². The number of hydrogen-bond donors (Lipinski definition) is 2. The predicted molar refractivity (Wildman–Crippen MR) is 38.3 cm³/mol. The first-order valence-corrected chi connectivity index (χ1v) is 3.60. The van der Waals surface area contributed by atoms with Crippen molar-refractivity contribution in [2.75, 3.05) is 6.61 Å². The molecule has 0 bridgehead atoms. The monoisotopic (exact) mass is 140 g/mol. The second-order valence-corrected chi connectivity index (χ2v) is 2.66. The third-order valence-electron chi connectivity index (χ3n) is 1.74. The molecule has 1 aliphatic carbocycles. The van der Waals surface area contributed by atoms with Crippen LogP contribution in [0.5, 0.6) is 0 Å². The maximum Gasteiger partial charge on any atom is 0.125 e. The maximum atomic E-state index is 9.38. The smallest absolute Gasteiger partial charge is 0.125 e. The molecule has 0 saturated heterocycles. The van der Waals surface area contributed by atoms with Crippen molar-refractivity contribution in [3.63, 3.8) is 0 Å². The van der Waals surface area contributed by atoms with E-state index in [4.69, 9.17) is 5.11 Å². The average molecular weight is 140 g/mol. The highest BCUT2D eigenvalue weighted by atomic mass is 16.3. The summed E-state index contributed by atoms with van der Waals surface area (Å²) in [6.07, 6.45) is 3.14. The molecule has 2 nitrogen and oxygen atoms in total. The lowest BCUT2D eigenvalue weighted by molar-refractivity contribution is 0.0238. The second-order valence-electron chi connectivity index (χ2n) is 2.66. The number of rotatable bonds is 1. The third kappa shape index (κ3) is 1.73. The van der Waals surface area contributed by atoms with Gasteiger partial charge in [-0.25, -0.2) is 0 Å². The molecule has 0 spiro atoms. The van der Waals surface area contributed by atoms with Crippen LogP contribution in [0, 0.1) is 11.8 Å². The summed E-state index contributed by atoms with van der Waals surface area (Å²) in [7, 11) is 0. The van der Waals surface area contributed by atoms with E-state index in [0.717, 1.165) is 19.3 Å². The van der Waals surface area contributed by atoms with E-state index >= 15 is 0 Å². The minimum atomic E-state index is -0.699. The Morgan fingerprint density at radius 2 is 2.10 bits per heavy atom. The molecule has 56 valence electrons. The van der Waals surface area contributed by atoms with E-state index in [1.54, 1.807) is 0 Å². The van der Waals surface area contributed by atoms with Crippen LogP contribution < -0.4 is 0 Å². The summed E-state index contributed by atoms with van der Waals surface area (Å²) in [4.78, 5) is 0. The fourth-order valence-corrected chi connectivity index (χ4v) is 0.920. The molecule has 0 aliphatic heterocycles. The van der Waals surface area contributed by atoms with E-state index in [1.165, 1.54) is 0 Å². The van der Waals surface area contributed by atoms with Crippen molar-refractivity contribution in [2.24, 2.45) is 0 Å². The van der Waals surface area contributed by atoms with Crippen LogP contribution in [0.15, 0.2) is 0 Å². The van der Waals surface area contributed by atoms with Gasteiger partial charge in [-0.05, 0) is 19.3 Å². The lowest BCUT2D eigenvalue weighted by atomic mass is 9.81. The standard InChI is InChI=1S/C8H12O2/c9-7-2-1-4-8(10)5-3-6-8/h9-10H,2-3,5-7H2. The van der Waals surface area contributed by atoms with Gasteiger partial charge >= 0.3 is 0 Å². The largest absolute Gasteiger partial charge is 0.395 e. The Labute approximate surface area is 60.9 Å². The van der Waals surface area contributed by atoms with Gasteiger partial charge in [0.15, 0.2) is 0 Å². The molecule has 1 fully saturated rings. The molecule has 0 aromatic rings. The summed E-state index contributed by atoms with van der Waals surface area (Å²) in [5.74, 6) is 5.47. The average Bonchev–Trinajstić information content (AvgIpc) is 1.85. The number of aliphatic hydroxyl groups is 2. The van der Waals surface area contributed by atoms with E-state index in [1.807, 2.05) is 0 Å². The van der Waals surface area contributed by atoms with Crippen LogP contribution in [-0.2, 0) is 0 Å². The van der Waals surface area contributed by atoms with Gasteiger partial charge in [0.1, 0.15) is 5.60 Å². The molecule has 0 unspecified atom stereocenters.